The zero-order valence-corrected chi connectivity index (χ0v) is 14.4. The molecule has 8 heteroatoms. The Bertz CT molecular complexity index is 858. The third-order valence-corrected chi connectivity index (χ3v) is 5.21. The summed E-state index contributed by atoms with van der Waals surface area (Å²) >= 11 is 2.88. The van der Waals surface area contributed by atoms with Gasteiger partial charge in [-0.1, -0.05) is 53.4 Å². The molecule has 0 radical (unpaired) electrons. The molecule has 6 nitrogen and oxygen atoms in total. The molecular weight excluding hydrogens is 344 g/mol. The molecule has 2 aromatic heterocycles. The van der Waals surface area contributed by atoms with Gasteiger partial charge in [-0.3, -0.25) is 14.9 Å². The molecule has 2 heterocycles. The first-order chi connectivity index (χ1) is 11.6. The summed E-state index contributed by atoms with van der Waals surface area (Å²) in [5.41, 5.74) is 1.98. The van der Waals surface area contributed by atoms with Gasteiger partial charge in [0.05, 0.1) is 0 Å². The molecule has 0 aliphatic heterocycles. The van der Waals surface area contributed by atoms with Gasteiger partial charge in [-0.25, -0.2) is 0 Å². The number of carbonyl (C=O) groups is 2. The van der Waals surface area contributed by atoms with Gasteiger partial charge in [0.1, 0.15) is 5.69 Å². The molecule has 0 fully saturated rings. The predicted octanol–water partition coefficient (Wildman–Crippen LogP) is 3.61. The molecule has 2 N–H and O–H groups in total. The van der Waals surface area contributed by atoms with Crippen molar-refractivity contribution in [2.75, 3.05) is 5.32 Å². The molecule has 0 aliphatic carbocycles. The molecule has 0 saturated heterocycles. The van der Waals surface area contributed by atoms with Crippen LogP contribution in [0.2, 0.25) is 0 Å². The Morgan fingerprint density at radius 2 is 2.04 bits per heavy atom. The largest absolute Gasteiger partial charge is 0.356 e. The maximum atomic E-state index is 12.1. The summed E-state index contributed by atoms with van der Waals surface area (Å²) in [5, 5.41) is 11.1. The number of ketones is 1. The quantitative estimate of drug-likeness (QED) is 0.399. The molecule has 1 amide bonds. The van der Waals surface area contributed by atoms with Crippen LogP contribution in [0.15, 0.2) is 46.9 Å². The monoisotopic (exact) mass is 358 g/mol. The van der Waals surface area contributed by atoms with Crippen LogP contribution in [0.4, 0.5) is 5.13 Å². The van der Waals surface area contributed by atoms with Crippen LogP contribution >= 0.6 is 23.1 Å². The van der Waals surface area contributed by atoms with Crippen LogP contribution in [0.3, 0.4) is 0 Å². The number of benzene rings is 1. The second kappa shape index (κ2) is 7.41. The van der Waals surface area contributed by atoms with Crippen molar-refractivity contribution >= 4 is 39.9 Å². The smallest absolute Gasteiger partial charge is 0.273 e. The van der Waals surface area contributed by atoms with Crippen molar-refractivity contribution in [2.24, 2.45) is 0 Å². The van der Waals surface area contributed by atoms with Crippen molar-refractivity contribution in [3.63, 3.8) is 0 Å². The molecule has 0 unspecified atom stereocenters. The second-order valence-corrected chi connectivity index (χ2v) is 7.16. The summed E-state index contributed by atoms with van der Waals surface area (Å²) in [6.07, 6.45) is 1.51. The van der Waals surface area contributed by atoms with E-state index in [0.717, 1.165) is 10.1 Å². The Morgan fingerprint density at radius 1 is 1.25 bits per heavy atom. The normalized spacial score (nSPS) is 10.5. The molecule has 0 saturated carbocycles. The predicted molar refractivity (Wildman–Crippen MR) is 94.7 cm³/mol. The molecule has 1 aromatic carbocycles. The van der Waals surface area contributed by atoms with E-state index < -0.39 is 0 Å². The molecule has 3 aromatic rings. The van der Waals surface area contributed by atoms with Crippen LogP contribution in [0.25, 0.3) is 0 Å². The Labute approximate surface area is 146 Å². The summed E-state index contributed by atoms with van der Waals surface area (Å²) in [6, 6.07) is 11.6. The highest BCUT2D eigenvalue weighted by Crippen LogP contribution is 2.28. The molecule has 0 atom stereocenters. The van der Waals surface area contributed by atoms with Crippen LogP contribution in [-0.2, 0) is 5.75 Å². The van der Waals surface area contributed by atoms with E-state index in [2.05, 4.69) is 32.6 Å². The third kappa shape index (κ3) is 4.09. The average Bonchev–Trinajstić information content (AvgIpc) is 3.23. The van der Waals surface area contributed by atoms with Gasteiger partial charge in [-0.05, 0) is 18.6 Å². The molecule has 122 valence electrons. The number of aromatic nitrogens is 3. The van der Waals surface area contributed by atoms with Gasteiger partial charge >= 0.3 is 0 Å². The highest BCUT2D eigenvalue weighted by molar-refractivity contribution is 8.00. The summed E-state index contributed by atoms with van der Waals surface area (Å²) in [6.45, 7) is 1.45. The molecule has 24 heavy (non-hydrogen) atoms. The third-order valence-electron chi connectivity index (χ3n) is 3.17. The van der Waals surface area contributed by atoms with Gasteiger partial charge in [0.2, 0.25) is 5.13 Å². The molecule has 0 bridgehead atoms. The van der Waals surface area contributed by atoms with E-state index in [9.17, 15) is 9.59 Å². The van der Waals surface area contributed by atoms with Crippen LogP contribution in [0.5, 0.6) is 0 Å². The van der Waals surface area contributed by atoms with Crippen LogP contribution < -0.4 is 5.32 Å². The minimum absolute atomic E-state index is 0.0965. The number of anilines is 1. The summed E-state index contributed by atoms with van der Waals surface area (Å²) in [5.74, 6) is 0.348. The van der Waals surface area contributed by atoms with Crippen molar-refractivity contribution in [3.8, 4) is 0 Å². The SMILES string of the molecule is CC(=O)c1c[nH]c(C(=O)Nc2nnc(SCc3ccccc3)s2)c1. The van der Waals surface area contributed by atoms with E-state index >= 15 is 0 Å². The van der Waals surface area contributed by atoms with Crippen LogP contribution in [0.1, 0.15) is 33.3 Å². The fourth-order valence-electron chi connectivity index (χ4n) is 1.93. The molecular formula is C16H14N4O2S2. The number of nitrogens with zero attached hydrogens (tertiary/aromatic N) is 2. The number of Topliss-reactive ketones (excluding diaryl/α,β-unsaturated/α-hetero) is 1. The van der Waals surface area contributed by atoms with E-state index in [1.54, 1.807) is 11.8 Å². The zero-order chi connectivity index (χ0) is 16.9. The number of carbonyl (C=O) groups excluding carboxylic acids is 2. The lowest BCUT2D eigenvalue weighted by Crippen LogP contribution is -2.11. The summed E-state index contributed by atoms with van der Waals surface area (Å²) < 4.78 is 0.782. The average molecular weight is 358 g/mol. The number of amides is 1. The van der Waals surface area contributed by atoms with E-state index in [-0.39, 0.29) is 11.7 Å². The van der Waals surface area contributed by atoms with Gasteiger partial charge in [-0.2, -0.15) is 0 Å². The number of aromatic amines is 1. The molecule has 0 aliphatic rings. The Balaban J connectivity index is 1.59. The van der Waals surface area contributed by atoms with Crippen molar-refractivity contribution in [2.45, 2.75) is 17.0 Å². The first kappa shape index (κ1) is 16.4. The zero-order valence-electron chi connectivity index (χ0n) is 12.8. The topological polar surface area (TPSA) is 87.7 Å². The number of H-pyrrole nitrogens is 1. The van der Waals surface area contributed by atoms with Gasteiger partial charge in [0.25, 0.3) is 5.91 Å². The van der Waals surface area contributed by atoms with Gasteiger partial charge < -0.3 is 4.98 Å². The Morgan fingerprint density at radius 3 is 2.75 bits per heavy atom. The number of hydrogen-bond acceptors (Lipinski definition) is 6. The minimum atomic E-state index is -0.349. The fraction of sp³-hybridized carbons (Fsp3) is 0.125. The summed E-state index contributed by atoms with van der Waals surface area (Å²) in [4.78, 5) is 26.2. The number of nitrogens with one attached hydrogen (secondary N) is 2. The maximum Gasteiger partial charge on any atom is 0.273 e. The fourth-order valence-corrected chi connectivity index (χ4v) is 3.63. The summed E-state index contributed by atoms with van der Waals surface area (Å²) in [7, 11) is 0. The number of rotatable bonds is 6. The number of hydrogen-bond donors (Lipinski definition) is 2. The lowest BCUT2D eigenvalue weighted by atomic mass is 10.2. The Kier molecular flexibility index (Phi) is 5.07. The lowest BCUT2D eigenvalue weighted by molar-refractivity contribution is 0.101. The Hall–Kier alpha value is -2.45. The van der Waals surface area contributed by atoms with E-state index in [1.165, 1.54) is 36.1 Å². The highest BCUT2D eigenvalue weighted by Gasteiger charge is 2.13. The van der Waals surface area contributed by atoms with Crippen molar-refractivity contribution < 1.29 is 9.59 Å². The van der Waals surface area contributed by atoms with Gasteiger partial charge in [0.15, 0.2) is 10.1 Å². The van der Waals surface area contributed by atoms with Crippen LogP contribution in [-0.4, -0.2) is 26.9 Å². The van der Waals surface area contributed by atoms with E-state index in [0.29, 0.717) is 16.4 Å². The number of thioether (sulfide) groups is 1. The van der Waals surface area contributed by atoms with Gasteiger partial charge in [0, 0.05) is 17.5 Å². The lowest BCUT2D eigenvalue weighted by Gasteiger charge is -1.98. The first-order valence-corrected chi connectivity index (χ1v) is 8.93. The van der Waals surface area contributed by atoms with Crippen molar-refractivity contribution in [3.05, 3.63) is 59.4 Å². The van der Waals surface area contributed by atoms with Crippen molar-refractivity contribution in [1.82, 2.24) is 15.2 Å². The molecule has 3 rings (SSSR count). The standard InChI is InChI=1S/C16H14N4O2S2/c1-10(21)12-7-13(17-8-12)14(22)18-15-19-20-16(24-15)23-9-11-5-3-2-4-6-11/h2-8,17H,9H2,1H3,(H,18,19,22). The molecule has 0 spiro atoms. The van der Waals surface area contributed by atoms with Crippen LogP contribution in [0, 0.1) is 0 Å². The van der Waals surface area contributed by atoms with E-state index in [1.807, 2.05) is 18.2 Å². The van der Waals surface area contributed by atoms with Gasteiger partial charge in [-0.15, -0.1) is 10.2 Å². The minimum Gasteiger partial charge on any atom is -0.356 e. The first-order valence-electron chi connectivity index (χ1n) is 7.13. The maximum absolute atomic E-state index is 12.1. The highest BCUT2D eigenvalue weighted by atomic mass is 32.2. The van der Waals surface area contributed by atoms with E-state index in [4.69, 9.17) is 0 Å². The second-order valence-electron chi connectivity index (χ2n) is 4.96. The van der Waals surface area contributed by atoms with Crippen molar-refractivity contribution in [1.29, 1.82) is 0 Å².